The highest BCUT2D eigenvalue weighted by Crippen LogP contribution is 2.27. The zero-order chi connectivity index (χ0) is 14.7. The third-order valence-corrected chi connectivity index (χ3v) is 4.04. The molecule has 0 spiro atoms. The van der Waals surface area contributed by atoms with Crippen molar-refractivity contribution in [2.45, 2.75) is 18.9 Å². The highest BCUT2D eigenvalue weighted by molar-refractivity contribution is 5.86. The molecule has 2 aliphatic heterocycles. The van der Waals surface area contributed by atoms with Crippen LogP contribution in [0.25, 0.3) is 0 Å². The number of anilines is 1. The average Bonchev–Trinajstić information content (AvgIpc) is 3.04. The normalized spacial score (nSPS) is 22.1. The van der Waals surface area contributed by atoms with Crippen LogP contribution in [0.3, 0.4) is 0 Å². The number of hydrogen-bond acceptors (Lipinski definition) is 5. The summed E-state index contributed by atoms with van der Waals surface area (Å²) in [5.74, 6) is 0.759. The molecule has 1 atom stereocenters. The maximum absolute atomic E-state index is 12.7. The van der Waals surface area contributed by atoms with E-state index in [0.717, 1.165) is 19.4 Å². The second-order valence-electron chi connectivity index (χ2n) is 5.28. The number of nitrogens with zero attached hydrogens (tertiary/aromatic N) is 4. The Kier molecular flexibility index (Phi) is 4.02. The predicted molar refractivity (Wildman–Crippen MR) is 76.7 cm³/mol. The summed E-state index contributed by atoms with van der Waals surface area (Å²) in [6, 6.07) is 5.45. The van der Waals surface area contributed by atoms with E-state index in [1.807, 2.05) is 9.80 Å². The van der Waals surface area contributed by atoms with Gasteiger partial charge >= 0.3 is 0 Å². The van der Waals surface area contributed by atoms with Crippen molar-refractivity contribution in [1.29, 1.82) is 5.26 Å². The topological polar surface area (TPSA) is 69.5 Å². The van der Waals surface area contributed by atoms with E-state index in [4.69, 9.17) is 4.74 Å². The Labute approximate surface area is 123 Å². The lowest BCUT2D eigenvalue weighted by Crippen LogP contribution is -2.50. The van der Waals surface area contributed by atoms with Gasteiger partial charge in [-0.05, 0) is 25.0 Å². The first-order valence-corrected chi connectivity index (χ1v) is 7.29. The SMILES string of the molecule is N#Cc1cccnc1N1CCC[C@@H]1C(=O)N1CCOCC1. The number of aromatic nitrogens is 1. The zero-order valence-electron chi connectivity index (χ0n) is 11.9. The van der Waals surface area contributed by atoms with Crippen LogP contribution in [0.4, 0.5) is 5.82 Å². The molecular weight excluding hydrogens is 268 g/mol. The largest absolute Gasteiger partial charge is 0.378 e. The molecule has 6 heteroatoms. The number of morpholine rings is 1. The number of amides is 1. The van der Waals surface area contributed by atoms with Crippen molar-refractivity contribution in [2.75, 3.05) is 37.7 Å². The van der Waals surface area contributed by atoms with E-state index in [-0.39, 0.29) is 11.9 Å². The molecule has 0 aromatic carbocycles. The van der Waals surface area contributed by atoms with Gasteiger partial charge in [0.2, 0.25) is 5.91 Å². The molecule has 0 bridgehead atoms. The molecule has 1 aromatic heterocycles. The van der Waals surface area contributed by atoms with Gasteiger partial charge in [0.25, 0.3) is 0 Å². The highest BCUT2D eigenvalue weighted by atomic mass is 16.5. The van der Waals surface area contributed by atoms with E-state index in [1.54, 1.807) is 18.3 Å². The molecule has 1 amide bonds. The first-order valence-electron chi connectivity index (χ1n) is 7.29. The number of rotatable bonds is 2. The number of hydrogen-bond donors (Lipinski definition) is 0. The van der Waals surface area contributed by atoms with E-state index >= 15 is 0 Å². The Morgan fingerprint density at radius 3 is 2.95 bits per heavy atom. The first-order chi connectivity index (χ1) is 10.3. The van der Waals surface area contributed by atoms with E-state index in [2.05, 4.69) is 11.1 Å². The summed E-state index contributed by atoms with van der Waals surface area (Å²) in [4.78, 5) is 20.9. The van der Waals surface area contributed by atoms with Gasteiger partial charge in [-0.15, -0.1) is 0 Å². The van der Waals surface area contributed by atoms with Gasteiger partial charge in [-0.2, -0.15) is 5.26 Å². The van der Waals surface area contributed by atoms with Crippen LogP contribution in [0.15, 0.2) is 18.3 Å². The summed E-state index contributed by atoms with van der Waals surface area (Å²) < 4.78 is 5.30. The Balaban J connectivity index is 1.82. The summed E-state index contributed by atoms with van der Waals surface area (Å²) in [5, 5.41) is 9.22. The van der Waals surface area contributed by atoms with Crippen LogP contribution in [0.5, 0.6) is 0 Å². The van der Waals surface area contributed by atoms with Crippen molar-refractivity contribution in [2.24, 2.45) is 0 Å². The van der Waals surface area contributed by atoms with Gasteiger partial charge in [-0.25, -0.2) is 4.98 Å². The van der Waals surface area contributed by atoms with Gasteiger partial charge in [0.15, 0.2) is 0 Å². The van der Waals surface area contributed by atoms with E-state index < -0.39 is 0 Å². The minimum atomic E-state index is -0.204. The summed E-state index contributed by atoms with van der Waals surface area (Å²) in [5.41, 5.74) is 0.527. The van der Waals surface area contributed by atoms with Gasteiger partial charge in [0, 0.05) is 25.8 Å². The first kappa shape index (κ1) is 13.8. The van der Waals surface area contributed by atoms with Crippen LogP contribution < -0.4 is 4.90 Å². The van der Waals surface area contributed by atoms with E-state index in [1.165, 1.54) is 0 Å². The Bertz CT molecular complexity index is 563. The third-order valence-electron chi connectivity index (χ3n) is 4.04. The van der Waals surface area contributed by atoms with Crippen LogP contribution in [0.1, 0.15) is 18.4 Å². The van der Waals surface area contributed by atoms with Crippen molar-refractivity contribution < 1.29 is 9.53 Å². The van der Waals surface area contributed by atoms with Crippen LogP contribution in [-0.4, -0.2) is 54.7 Å². The minimum absolute atomic E-state index is 0.130. The molecule has 3 rings (SSSR count). The number of nitriles is 1. The number of carbonyl (C=O) groups is 1. The monoisotopic (exact) mass is 286 g/mol. The molecule has 0 saturated carbocycles. The third kappa shape index (κ3) is 2.69. The van der Waals surface area contributed by atoms with Gasteiger partial charge in [-0.1, -0.05) is 0 Å². The lowest BCUT2D eigenvalue weighted by Gasteiger charge is -2.33. The van der Waals surface area contributed by atoms with Gasteiger partial charge in [0.1, 0.15) is 17.9 Å². The Morgan fingerprint density at radius 2 is 2.19 bits per heavy atom. The molecule has 6 nitrogen and oxygen atoms in total. The molecule has 0 aliphatic carbocycles. The molecule has 1 aromatic rings. The molecule has 2 saturated heterocycles. The van der Waals surface area contributed by atoms with Gasteiger partial charge in [-0.3, -0.25) is 4.79 Å². The average molecular weight is 286 g/mol. The summed E-state index contributed by atoms with van der Waals surface area (Å²) in [6.07, 6.45) is 3.44. The Morgan fingerprint density at radius 1 is 1.38 bits per heavy atom. The van der Waals surface area contributed by atoms with Crippen molar-refractivity contribution >= 4 is 11.7 Å². The van der Waals surface area contributed by atoms with Crippen LogP contribution in [0, 0.1) is 11.3 Å². The molecule has 0 radical (unpaired) electrons. The van der Waals surface area contributed by atoms with E-state index in [0.29, 0.717) is 37.7 Å². The smallest absolute Gasteiger partial charge is 0.245 e. The molecular formula is C15H18N4O2. The summed E-state index contributed by atoms with van der Waals surface area (Å²) >= 11 is 0. The highest BCUT2D eigenvalue weighted by Gasteiger charge is 2.35. The number of carbonyl (C=O) groups excluding carboxylic acids is 1. The van der Waals surface area contributed by atoms with Crippen molar-refractivity contribution in [3.8, 4) is 6.07 Å². The van der Waals surface area contributed by atoms with Gasteiger partial charge < -0.3 is 14.5 Å². The second-order valence-corrected chi connectivity index (χ2v) is 5.28. The van der Waals surface area contributed by atoms with E-state index in [9.17, 15) is 10.1 Å². The fourth-order valence-corrected chi connectivity index (χ4v) is 2.98. The minimum Gasteiger partial charge on any atom is -0.378 e. The van der Waals surface area contributed by atoms with Gasteiger partial charge in [0.05, 0.1) is 18.8 Å². The fourth-order valence-electron chi connectivity index (χ4n) is 2.98. The van der Waals surface area contributed by atoms with Crippen molar-refractivity contribution in [3.63, 3.8) is 0 Å². The number of ether oxygens (including phenoxy) is 1. The molecule has 3 heterocycles. The number of pyridine rings is 1. The summed E-state index contributed by atoms with van der Waals surface area (Å²) in [6.45, 7) is 3.27. The lowest BCUT2D eigenvalue weighted by atomic mass is 10.1. The maximum Gasteiger partial charge on any atom is 0.245 e. The molecule has 2 fully saturated rings. The molecule has 0 unspecified atom stereocenters. The molecule has 21 heavy (non-hydrogen) atoms. The second kappa shape index (κ2) is 6.10. The quantitative estimate of drug-likeness (QED) is 0.803. The zero-order valence-corrected chi connectivity index (χ0v) is 11.9. The molecule has 0 N–H and O–H groups in total. The van der Waals surface area contributed by atoms with Crippen molar-refractivity contribution in [1.82, 2.24) is 9.88 Å². The van der Waals surface area contributed by atoms with Crippen molar-refractivity contribution in [3.05, 3.63) is 23.9 Å². The maximum atomic E-state index is 12.7. The Hall–Kier alpha value is -2.13. The summed E-state index contributed by atoms with van der Waals surface area (Å²) in [7, 11) is 0. The van der Waals surface area contributed by atoms with Crippen LogP contribution in [0.2, 0.25) is 0 Å². The molecule has 110 valence electrons. The standard InChI is InChI=1S/C15H18N4O2/c16-11-12-3-1-5-17-14(12)19-6-2-4-13(19)15(20)18-7-9-21-10-8-18/h1,3,5,13H,2,4,6-10H2/t13-/m1/s1. The molecule has 2 aliphatic rings. The lowest BCUT2D eigenvalue weighted by molar-refractivity contribution is -0.136. The van der Waals surface area contributed by atoms with Crippen LogP contribution >= 0.6 is 0 Å². The van der Waals surface area contributed by atoms with Crippen LogP contribution in [-0.2, 0) is 9.53 Å². The predicted octanol–water partition coefficient (Wildman–Crippen LogP) is 0.781. The fraction of sp³-hybridized carbons (Fsp3) is 0.533.